The maximum Gasteiger partial charge on any atom is 0.159 e. The first-order valence-electron chi connectivity index (χ1n) is 4.66. The van der Waals surface area contributed by atoms with Gasteiger partial charge in [0.2, 0.25) is 0 Å². The van der Waals surface area contributed by atoms with Gasteiger partial charge in [-0.3, -0.25) is 0 Å². The fraction of sp³-hybridized carbons (Fsp3) is 0.400. The van der Waals surface area contributed by atoms with Crippen molar-refractivity contribution in [2.75, 3.05) is 6.61 Å². The lowest BCUT2D eigenvalue weighted by Gasteiger charge is -2.16. The number of aliphatic hydroxyl groups is 1. The van der Waals surface area contributed by atoms with Gasteiger partial charge in [0, 0.05) is 15.2 Å². The average Bonchev–Trinajstić information content (AvgIpc) is 2.61. The third-order valence-electron chi connectivity index (χ3n) is 2.30. The lowest BCUT2D eigenvalue weighted by molar-refractivity contribution is 0.212. The fourth-order valence-electron chi connectivity index (χ4n) is 1.22. The van der Waals surface area contributed by atoms with Gasteiger partial charge in [-0.25, -0.2) is 9.50 Å². The molecule has 2 rings (SSSR count). The molecule has 0 radical (unpaired) electrons. The zero-order valence-electron chi connectivity index (χ0n) is 8.61. The minimum atomic E-state index is -0.391. The molecule has 0 aromatic carbocycles. The summed E-state index contributed by atoms with van der Waals surface area (Å²) in [5.41, 5.74) is 0.421. The molecule has 0 amide bonds. The Kier molecular flexibility index (Phi) is 2.68. The van der Waals surface area contributed by atoms with E-state index in [1.807, 2.05) is 32.2 Å². The van der Waals surface area contributed by atoms with E-state index >= 15 is 0 Å². The van der Waals surface area contributed by atoms with Crippen LogP contribution in [0.5, 0.6) is 0 Å². The van der Waals surface area contributed by atoms with E-state index in [0.717, 1.165) is 9.22 Å². The van der Waals surface area contributed by atoms with Gasteiger partial charge < -0.3 is 5.11 Å². The highest BCUT2D eigenvalue weighted by atomic mass is 127. The van der Waals surface area contributed by atoms with Crippen molar-refractivity contribution >= 4 is 28.2 Å². The Morgan fingerprint density at radius 2 is 2.20 bits per heavy atom. The van der Waals surface area contributed by atoms with E-state index in [0.29, 0.717) is 5.82 Å². The molecule has 0 saturated carbocycles. The van der Waals surface area contributed by atoms with E-state index in [1.165, 1.54) is 0 Å². The molecule has 1 N–H and O–H groups in total. The van der Waals surface area contributed by atoms with Crippen molar-refractivity contribution in [1.82, 2.24) is 14.6 Å². The summed E-state index contributed by atoms with van der Waals surface area (Å²) in [5, 5.41) is 13.6. The van der Waals surface area contributed by atoms with E-state index in [4.69, 9.17) is 0 Å². The molecule has 5 heteroatoms. The van der Waals surface area contributed by atoms with E-state index in [9.17, 15) is 5.11 Å². The van der Waals surface area contributed by atoms with Crippen molar-refractivity contribution in [1.29, 1.82) is 0 Å². The highest BCUT2D eigenvalue weighted by Gasteiger charge is 2.24. The van der Waals surface area contributed by atoms with Gasteiger partial charge >= 0.3 is 0 Å². The average molecular weight is 317 g/mol. The van der Waals surface area contributed by atoms with Crippen molar-refractivity contribution in [3.63, 3.8) is 0 Å². The summed E-state index contributed by atoms with van der Waals surface area (Å²) in [6.07, 6.45) is 1.92. The molecule has 0 saturated heterocycles. The van der Waals surface area contributed by atoms with E-state index in [2.05, 4.69) is 32.7 Å². The number of pyridine rings is 1. The second-order valence-electron chi connectivity index (χ2n) is 4.13. The van der Waals surface area contributed by atoms with Crippen LogP contribution >= 0.6 is 22.6 Å². The molecule has 0 unspecified atom stereocenters. The second-order valence-corrected chi connectivity index (χ2v) is 5.37. The Bertz CT molecular complexity index is 492. The molecule has 0 aliphatic carbocycles. The molecule has 0 aliphatic rings. The van der Waals surface area contributed by atoms with Gasteiger partial charge in [0.05, 0.1) is 6.61 Å². The SMILES string of the molecule is CC(C)(CO)c1nc2ccc(I)cn2n1. The van der Waals surface area contributed by atoms with Crippen LogP contribution in [0.2, 0.25) is 0 Å². The summed E-state index contributed by atoms with van der Waals surface area (Å²) in [6, 6.07) is 3.91. The first-order chi connectivity index (χ1) is 7.03. The molecular formula is C10H12IN3O. The van der Waals surface area contributed by atoms with Gasteiger partial charge in [-0.1, -0.05) is 13.8 Å². The first-order valence-corrected chi connectivity index (χ1v) is 5.74. The van der Waals surface area contributed by atoms with Crippen LogP contribution < -0.4 is 0 Å². The Labute approximate surface area is 101 Å². The minimum Gasteiger partial charge on any atom is -0.395 e. The van der Waals surface area contributed by atoms with Crippen LogP contribution in [0.15, 0.2) is 18.3 Å². The fourth-order valence-corrected chi connectivity index (χ4v) is 1.66. The summed E-state index contributed by atoms with van der Waals surface area (Å²) in [4.78, 5) is 4.38. The zero-order valence-corrected chi connectivity index (χ0v) is 10.8. The molecule has 0 bridgehead atoms. The molecule has 2 heterocycles. The monoisotopic (exact) mass is 317 g/mol. The largest absolute Gasteiger partial charge is 0.395 e. The second kappa shape index (κ2) is 3.71. The summed E-state index contributed by atoms with van der Waals surface area (Å²) >= 11 is 2.23. The molecule has 0 spiro atoms. The number of rotatable bonds is 2. The number of hydrogen-bond donors (Lipinski definition) is 1. The van der Waals surface area contributed by atoms with E-state index in [1.54, 1.807) is 4.52 Å². The lowest BCUT2D eigenvalue weighted by atomic mass is 9.94. The summed E-state index contributed by atoms with van der Waals surface area (Å²) in [6.45, 7) is 3.89. The highest BCUT2D eigenvalue weighted by Crippen LogP contribution is 2.19. The van der Waals surface area contributed by atoms with Crippen LogP contribution in [0.3, 0.4) is 0 Å². The van der Waals surface area contributed by atoms with Crippen LogP contribution in [-0.2, 0) is 5.41 Å². The zero-order chi connectivity index (χ0) is 11.1. The highest BCUT2D eigenvalue weighted by molar-refractivity contribution is 14.1. The molecule has 0 aliphatic heterocycles. The first kappa shape index (κ1) is 10.8. The maximum atomic E-state index is 9.24. The Morgan fingerprint density at radius 1 is 1.47 bits per heavy atom. The molecule has 2 aromatic heterocycles. The van der Waals surface area contributed by atoms with Gasteiger partial charge in [-0.05, 0) is 34.7 Å². The number of nitrogens with zero attached hydrogens (tertiary/aromatic N) is 3. The molecule has 80 valence electrons. The number of halogens is 1. The smallest absolute Gasteiger partial charge is 0.159 e. The van der Waals surface area contributed by atoms with Crippen LogP contribution in [-0.4, -0.2) is 26.3 Å². The van der Waals surface area contributed by atoms with Gasteiger partial charge in [-0.2, -0.15) is 5.10 Å². The number of aliphatic hydroxyl groups excluding tert-OH is 1. The van der Waals surface area contributed by atoms with E-state index in [-0.39, 0.29) is 6.61 Å². The van der Waals surface area contributed by atoms with Crippen LogP contribution in [0.25, 0.3) is 5.65 Å². The van der Waals surface area contributed by atoms with Gasteiger partial charge in [0.1, 0.15) is 0 Å². The van der Waals surface area contributed by atoms with Gasteiger partial charge in [-0.15, -0.1) is 0 Å². The maximum absolute atomic E-state index is 9.24. The number of aromatic nitrogens is 3. The predicted octanol–water partition coefficient (Wildman–Crippen LogP) is 1.60. The van der Waals surface area contributed by atoms with Crippen LogP contribution in [0.4, 0.5) is 0 Å². The molecule has 0 atom stereocenters. The Hall–Kier alpha value is -0.690. The van der Waals surface area contributed by atoms with Crippen molar-refractivity contribution in [3.05, 3.63) is 27.7 Å². The normalized spacial score (nSPS) is 12.3. The van der Waals surface area contributed by atoms with Gasteiger partial charge in [0.25, 0.3) is 0 Å². The molecule has 0 fully saturated rings. The minimum absolute atomic E-state index is 0.0426. The summed E-state index contributed by atoms with van der Waals surface area (Å²) < 4.78 is 2.85. The van der Waals surface area contributed by atoms with Crippen LogP contribution in [0.1, 0.15) is 19.7 Å². The molecule has 4 nitrogen and oxygen atoms in total. The topological polar surface area (TPSA) is 50.4 Å². The quantitative estimate of drug-likeness (QED) is 0.856. The summed E-state index contributed by atoms with van der Waals surface area (Å²) in [7, 11) is 0. The van der Waals surface area contributed by atoms with E-state index < -0.39 is 5.41 Å². The summed E-state index contributed by atoms with van der Waals surface area (Å²) in [5.74, 6) is 0.673. The van der Waals surface area contributed by atoms with Crippen molar-refractivity contribution < 1.29 is 5.11 Å². The number of fused-ring (bicyclic) bond motifs is 1. The molecular weight excluding hydrogens is 305 g/mol. The van der Waals surface area contributed by atoms with Gasteiger partial charge in [0.15, 0.2) is 11.5 Å². The molecule has 2 aromatic rings. The lowest BCUT2D eigenvalue weighted by Crippen LogP contribution is -2.23. The predicted molar refractivity (Wildman–Crippen MR) is 65.8 cm³/mol. The Balaban J connectivity index is 2.56. The Morgan fingerprint density at radius 3 is 2.87 bits per heavy atom. The van der Waals surface area contributed by atoms with Crippen molar-refractivity contribution in [2.24, 2.45) is 0 Å². The van der Waals surface area contributed by atoms with Crippen LogP contribution in [0, 0.1) is 3.57 Å². The third kappa shape index (κ3) is 1.98. The molecule has 15 heavy (non-hydrogen) atoms. The standard InChI is InChI=1S/C10H12IN3O/c1-10(2,6-15)9-12-8-4-3-7(11)5-14(8)13-9/h3-5,15H,6H2,1-2H3. The van der Waals surface area contributed by atoms with Crippen molar-refractivity contribution in [3.8, 4) is 0 Å². The number of hydrogen-bond acceptors (Lipinski definition) is 3. The van der Waals surface area contributed by atoms with Crippen molar-refractivity contribution in [2.45, 2.75) is 19.3 Å². The third-order valence-corrected chi connectivity index (χ3v) is 2.93.